The molecule has 2 rings (SSSR count). The Balaban J connectivity index is 1.89. The van der Waals surface area contributed by atoms with E-state index in [-0.39, 0.29) is 5.91 Å². The van der Waals surface area contributed by atoms with E-state index in [1.807, 2.05) is 25.1 Å². The highest BCUT2D eigenvalue weighted by molar-refractivity contribution is 9.10. The highest BCUT2D eigenvalue weighted by Crippen LogP contribution is 2.28. The van der Waals surface area contributed by atoms with E-state index in [1.165, 1.54) is 5.56 Å². The zero-order valence-electron chi connectivity index (χ0n) is 13.0. The molecule has 1 amide bonds. The van der Waals surface area contributed by atoms with Gasteiger partial charge in [-0.1, -0.05) is 17.7 Å². The summed E-state index contributed by atoms with van der Waals surface area (Å²) in [6.07, 6.45) is 0.329. The molecule has 0 fully saturated rings. The number of ether oxygens (including phenoxy) is 1. The van der Waals surface area contributed by atoms with E-state index in [2.05, 4.69) is 26.6 Å². The van der Waals surface area contributed by atoms with Crippen molar-refractivity contribution in [3.8, 4) is 5.75 Å². The topological polar surface area (TPSA) is 50.4 Å². The van der Waals surface area contributed by atoms with Crippen molar-refractivity contribution in [3.63, 3.8) is 0 Å². The van der Waals surface area contributed by atoms with Crippen LogP contribution in [0.2, 0.25) is 5.02 Å². The van der Waals surface area contributed by atoms with Gasteiger partial charge in [-0.3, -0.25) is 4.79 Å². The van der Waals surface area contributed by atoms with Crippen molar-refractivity contribution in [1.82, 2.24) is 0 Å². The number of carbonyl (C=O) groups excluding carboxylic acids is 1. The largest absolute Gasteiger partial charge is 0.495 e. The van der Waals surface area contributed by atoms with Crippen LogP contribution in [0.4, 0.5) is 11.4 Å². The normalized spacial score (nSPS) is 10.3. The Labute approximate surface area is 149 Å². The standard InChI is InChI=1S/C17H18BrClN2O2/c1-11-3-5-14(13(18)9-11)20-8-7-17(22)21-15-10-12(19)4-6-16(15)23-2/h3-6,9-10,20H,7-8H2,1-2H3,(H,21,22). The summed E-state index contributed by atoms with van der Waals surface area (Å²) in [7, 11) is 1.55. The van der Waals surface area contributed by atoms with Crippen molar-refractivity contribution in [1.29, 1.82) is 0 Å². The summed E-state index contributed by atoms with van der Waals surface area (Å²) in [4.78, 5) is 12.1. The summed E-state index contributed by atoms with van der Waals surface area (Å²) < 4.78 is 6.19. The highest BCUT2D eigenvalue weighted by atomic mass is 79.9. The first-order valence-corrected chi connectivity index (χ1v) is 8.30. The van der Waals surface area contributed by atoms with Gasteiger partial charge in [-0.15, -0.1) is 0 Å². The van der Waals surface area contributed by atoms with E-state index >= 15 is 0 Å². The molecule has 23 heavy (non-hydrogen) atoms. The molecule has 122 valence electrons. The Kier molecular flexibility index (Phi) is 6.30. The lowest BCUT2D eigenvalue weighted by atomic mass is 10.2. The fourth-order valence-electron chi connectivity index (χ4n) is 2.06. The molecule has 2 aromatic carbocycles. The lowest BCUT2D eigenvalue weighted by Gasteiger charge is -2.12. The predicted octanol–water partition coefficient (Wildman–Crippen LogP) is 4.86. The van der Waals surface area contributed by atoms with Crippen molar-refractivity contribution < 1.29 is 9.53 Å². The van der Waals surface area contributed by atoms with Crippen LogP contribution in [0, 0.1) is 6.92 Å². The number of hydrogen-bond donors (Lipinski definition) is 2. The van der Waals surface area contributed by atoms with Crippen molar-refractivity contribution in [3.05, 3.63) is 51.5 Å². The summed E-state index contributed by atoms with van der Waals surface area (Å²) in [6.45, 7) is 2.55. The van der Waals surface area contributed by atoms with Gasteiger partial charge in [0, 0.05) is 28.1 Å². The zero-order chi connectivity index (χ0) is 16.8. The summed E-state index contributed by atoms with van der Waals surface area (Å²) in [5.41, 5.74) is 2.71. The number of hydrogen-bond acceptors (Lipinski definition) is 3. The number of nitrogens with one attached hydrogen (secondary N) is 2. The molecule has 0 bridgehead atoms. The third-order valence-electron chi connectivity index (χ3n) is 3.23. The molecule has 0 radical (unpaired) electrons. The number of methoxy groups -OCH3 is 1. The quantitative estimate of drug-likeness (QED) is 0.732. The number of aryl methyl sites for hydroxylation is 1. The van der Waals surface area contributed by atoms with Crippen molar-refractivity contribution in [2.45, 2.75) is 13.3 Å². The molecule has 0 aliphatic carbocycles. The monoisotopic (exact) mass is 396 g/mol. The van der Waals surface area contributed by atoms with E-state index in [1.54, 1.807) is 25.3 Å². The molecule has 0 saturated carbocycles. The van der Waals surface area contributed by atoms with E-state index in [0.29, 0.717) is 29.4 Å². The van der Waals surface area contributed by atoms with Gasteiger partial charge in [-0.25, -0.2) is 0 Å². The summed E-state index contributed by atoms with van der Waals surface area (Å²) >= 11 is 9.45. The van der Waals surface area contributed by atoms with Gasteiger partial charge in [-0.05, 0) is 58.7 Å². The lowest BCUT2D eigenvalue weighted by molar-refractivity contribution is -0.115. The SMILES string of the molecule is COc1ccc(Cl)cc1NC(=O)CCNc1ccc(C)cc1Br. The summed E-state index contributed by atoms with van der Waals surface area (Å²) in [6, 6.07) is 11.1. The zero-order valence-corrected chi connectivity index (χ0v) is 15.3. The molecule has 0 aliphatic rings. The molecule has 0 aromatic heterocycles. The van der Waals surface area contributed by atoms with Gasteiger partial charge in [0.15, 0.2) is 0 Å². The van der Waals surface area contributed by atoms with Gasteiger partial charge in [0.2, 0.25) is 5.91 Å². The molecule has 0 heterocycles. The van der Waals surface area contributed by atoms with Gasteiger partial charge in [-0.2, -0.15) is 0 Å². The van der Waals surface area contributed by atoms with Crippen LogP contribution in [0.3, 0.4) is 0 Å². The average Bonchev–Trinajstić information content (AvgIpc) is 2.50. The molecule has 2 aromatic rings. The van der Waals surface area contributed by atoms with Gasteiger partial charge < -0.3 is 15.4 Å². The first-order valence-electron chi connectivity index (χ1n) is 7.13. The van der Waals surface area contributed by atoms with Gasteiger partial charge in [0.05, 0.1) is 12.8 Å². The molecule has 0 spiro atoms. The maximum absolute atomic E-state index is 12.1. The minimum absolute atomic E-state index is 0.110. The third kappa shape index (κ3) is 5.15. The molecule has 0 atom stereocenters. The molecule has 0 unspecified atom stereocenters. The van der Waals surface area contributed by atoms with Crippen LogP contribution in [0.15, 0.2) is 40.9 Å². The number of anilines is 2. The Hall–Kier alpha value is -1.72. The predicted molar refractivity (Wildman–Crippen MR) is 98.6 cm³/mol. The molecular weight excluding hydrogens is 380 g/mol. The fraction of sp³-hybridized carbons (Fsp3) is 0.235. The number of rotatable bonds is 6. The summed E-state index contributed by atoms with van der Waals surface area (Å²) in [5.74, 6) is 0.471. The van der Waals surface area contributed by atoms with Crippen LogP contribution >= 0.6 is 27.5 Å². The maximum atomic E-state index is 12.1. The minimum atomic E-state index is -0.110. The minimum Gasteiger partial charge on any atom is -0.495 e. The van der Waals surface area contributed by atoms with Crippen LogP contribution < -0.4 is 15.4 Å². The first kappa shape index (κ1) is 17.6. The van der Waals surface area contributed by atoms with Gasteiger partial charge in [0.1, 0.15) is 5.75 Å². The molecule has 0 aliphatic heterocycles. The second kappa shape index (κ2) is 8.22. The van der Waals surface area contributed by atoms with E-state index in [9.17, 15) is 4.79 Å². The second-order valence-electron chi connectivity index (χ2n) is 5.05. The second-order valence-corrected chi connectivity index (χ2v) is 6.34. The number of amides is 1. The summed E-state index contributed by atoms with van der Waals surface area (Å²) in [5, 5.41) is 6.59. The Morgan fingerprint density at radius 2 is 2.00 bits per heavy atom. The third-order valence-corrected chi connectivity index (χ3v) is 4.12. The number of carbonyl (C=O) groups is 1. The van der Waals surface area contributed by atoms with E-state index < -0.39 is 0 Å². The van der Waals surface area contributed by atoms with Gasteiger partial charge >= 0.3 is 0 Å². The molecule has 2 N–H and O–H groups in total. The molecule has 4 nitrogen and oxygen atoms in total. The van der Waals surface area contributed by atoms with Crippen LogP contribution in [0.5, 0.6) is 5.75 Å². The maximum Gasteiger partial charge on any atom is 0.226 e. The van der Waals surface area contributed by atoms with Crippen molar-refractivity contribution in [2.24, 2.45) is 0 Å². The lowest BCUT2D eigenvalue weighted by Crippen LogP contribution is -2.16. The van der Waals surface area contributed by atoms with Crippen LogP contribution in [-0.4, -0.2) is 19.6 Å². The van der Waals surface area contributed by atoms with E-state index in [4.69, 9.17) is 16.3 Å². The van der Waals surface area contributed by atoms with E-state index in [0.717, 1.165) is 10.2 Å². The van der Waals surface area contributed by atoms with Crippen LogP contribution in [-0.2, 0) is 4.79 Å². The van der Waals surface area contributed by atoms with Gasteiger partial charge in [0.25, 0.3) is 0 Å². The number of halogens is 2. The fourth-order valence-corrected chi connectivity index (χ4v) is 2.87. The van der Waals surface area contributed by atoms with Crippen LogP contribution in [0.25, 0.3) is 0 Å². The molecule has 0 saturated heterocycles. The first-order chi connectivity index (χ1) is 11.0. The Bertz CT molecular complexity index is 707. The number of benzene rings is 2. The molecular formula is C17H18BrClN2O2. The average molecular weight is 398 g/mol. The molecule has 6 heteroatoms. The Morgan fingerprint density at radius 1 is 1.22 bits per heavy atom. The van der Waals surface area contributed by atoms with Crippen molar-refractivity contribution in [2.75, 3.05) is 24.3 Å². The highest BCUT2D eigenvalue weighted by Gasteiger charge is 2.08. The smallest absolute Gasteiger partial charge is 0.226 e. The van der Waals surface area contributed by atoms with Crippen molar-refractivity contribution >= 4 is 44.8 Å². The Morgan fingerprint density at radius 3 is 2.70 bits per heavy atom. The van der Waals surface area contributed by atoms with Crippen LogP contribution in [0.1, 0.15) is 12.0 Å².